The van der Waals surface area contributed by atoms with Crippen LogP contribution in [0.5, 0.6) is 0 Å². The molecule has 1 nitrogen and oxygen atoms in total. The molecule has 0 aliphatic rings. The Morgan fingerprint density at radius 3 is 1.24 bits per heavy atom. The van der Waals surface area contributed by atoms with Gasteiger partial charge in [0.25, 0.3) is 0 Å². The van der Waals surface area contributed by atoms with Crippen molar-refractivity contribution < 1.29 is 0 Å². The number of hydrogen-bond acceptors (Lipinski definition) is 1. The third-order valence-corrected chi connectivity index (χ3v) is 10.2. The molecule has 4 heteroatoms. The summed E-state index contributed by atoms with van der Waals surface area (Å²) in [6, 6.07) is 41.2. The van der Waals surface area contributed by atoms with Gasteiger partial charge in [0.05, 0.1) is 0 Å². The van der Waals surface area contributed by atoms with Crippen LogP contribution in [-0.4, -0.2) is 0 Å². The SMILES string of the molecule is Br.Cl.Nc1ccccc1C[PH](c1ccccc1)(c1ccccc1)c1ccccc1. The average molecular weight is 487 g/mol. The van der Waals surface area contributed by atoms with Crippen molar-refractivity contribution in [2.75, 3.05) is 5.73 Å². The molecule has 4 aromatic rings. The molecule has 2 N–H and O–H groups in total. The first-order chi connectivity index (χ1) is 13.3. The number of para-hydroxylation sites is 1. The van der Waals surface area contributed by atoms with E-state index >= 15 is 0 Å². The predicted octanol–water partition coefficient (Wildman–Crippen LogP) is 5.49. The Morgan fingerprint density at radius 1 is 0.517 bits per heavy atom. The summed E-state index contributed by atoms with van der Waals surface area (Å²) in [7, 11) is -2.28. The zero-order valence-electron chi connectivity index (χ0n) is 16.1. The van der Waals surface area contributed by atoms with Gasteiger partial charge in [-0.05, 0) is 0 Å². The summed E-state index contributed by atoms with van der Waals surface area (Å²) in [4.78, 5) is 0. The number of rotatable bonds is 5. The van der Waals surface area contributed by atoms with E-state index < -0.39 is 7.26 Å². The van der Waals surface area contributed by atoms with E-state index in [0.29, 0.717) is 0 Å². The number of halogens is 2. The molecule has 0 spiro atoms. The third kappa shape index (κ3) is 4.73. The van der Waals surface area contributed by atoms with Gasteiger partial charge < -0.3 is 0 Å². The maximum absolute atomic E-state index is 6.38. The van der Waals surface area contributed by atoms with Crippen LogP contribution >= 0.6 is 36.7 Å². The van der Waals surface area contributed by atoms with E-state index in [0.717, 1.165) is 11.8 Å². The van der Waals surface area contributed by atoms with Gasteiger partial charge in [0, 0.05) is 0 Å². The van der Waals surface area contributed by atoms with Gasteiger partial charge in [-0.25, -0.2) is 0 Å². The molecule has 0 heterocycles. The molecule has 4 aromatic carbocycles. The number of nitrogens with two attached hydrogens (primary N) is 1. The molecule has 0 saturated heterocycles. The van der Waals surface area contributed by atoms with Crippen LogP contribution in [0.15, 0.2) is 115 Å². The fourth-order valence-corrected chi connectivity index (χ4v) is 8.75. The van der Waals surface area contributed by atoms with Gasteiger partial charge in [0.1, 0.15) is 0 Å². The van der Waals surface area contributed by atoms with Gasteiger partial charge in [0.2, 0.25) is 0 Å². The molecule has 0 aliphatic carbocycles. The van der Waals surface area contributed by atoms with E-state index in [1.165, 1.54) is 21.5 Å². The first-order valence-electron chi connectivity index (χ1n) is 9.31. The quantitative estimate of drug-likeness (QED) is 0.293. The van der Waals surface area contributed by atoms with Crippen LogP contribution in [0, 0.1) is 0 Å². The van der Waals surface area contributed by atoms with Crippen LogP contribution in [0.2, 0.25) is 0 Å². The number of hydrogen-bond donors (Lipinski definition) is 1. The van der Waals surface area contributed by atoms with Crippen LogP contribution in [-0.2, 0) is 6.16 Å². The van der Waals surface area contributed by atoms with E-state index in [9.17, 15) is 0 Å². The van der Waals surface area contributed by atoms with Crippen LogP contribution in [0.3, 0.4) is 0 Å². The van der Waals surface area contributed by atoms with Gasteiger partial charge in [0.15, 0.2) is 0 Å². The molecule has 0 saturated carbocycles. The Labute approximate surface area is 190 Å². The predicted molar refractivity (Wildman–Crippen MR) is 139 cm³/mol. The molecule has 4 rings (SSSR count). The second-order valence-electron chi connectivity index (χ2n) is 6.88. The zero-order valence-corrected chi connectivity index (χ0v) is 19.6. The first kappa shape index (κ1) is 23.2. The Kier molecular flexibility index (Phi) is 8.46. The van der Waals surface area contributed by atoms with Crippen LogP contribution in [0.1, 0.15) is 5.56 Å². The van der Waals surface area contributed by atoms with Crippen molar-refractivity contribution in [3.05, 3.63) is 121 Å². The van der Waals surface area contributed by atoms with Gasteiger partial charge in [-0.2, -0.15) is 0 Å². The van der Waals surface area contributed by atoms with Gasteiger partial charge in [-0.1, -0.05) is 0 Å². The molecule has 0 amide bonds. The standard InChI is InChI=1S/C25H24NP.BrH.ClH/c26-25-19-11-10-12-21(25)20-27(22-13-4-1-5-14-22,23-15-6-2-7-16-23)24-17-8-3-9-18-24;;/h1-19,27H,20,26H2;2*1H. The van der Waals surface area contributed by atoms with Gasteiger partial charge >= 0.3 is 162 Å². The molecular weight excluding hydrogens is 461 g/mol. The van der Waals surface area contributed by atoms with Crippen molar-refractivity contribution in [2.45, 2.75) is 6.16 Å². The molecule has 0 fully saturated rings. The Morgan fingerprint density at radius 2 is 0.862 bits per heavy atom. The molecule has 0 atom stereocenters. The molecule has 0 aliphatic heterocycles. The van der Waals surface area contributed by atoms with Crippen LogP contribution < -0.4 is 21.6 Å². The van der Waals surface area contributed by atoms with E-state index in [-0.39, 0.29) is 29.4 Å². The molecule has 0 bridgehead atoms. The van der Waals surface area contributed by atoms with Gasteiger partial charge in [-0.15, -0.1) is 29.4 Å². The molecule has 29 heavy (non-hydrogen) atoms. The number of benzene rings is 4. The minimum absolute atomic E-state index is 0. The van der Waals surface area contributed by atoms with Crippen molar-refractivity contribution >= 4 is 58.3 Å². The monoisotopic (exact) mass is 485 g/mol. The van der Waals surface area contributed by atoms with E-state index in [1.54, 1.807) is 0 Å². The summed E-state index contributed by atoms with van der Waals surface area (Å²) in [5, 5.41) is 4.22. The summed E-state index contributed by atoms with van der Waals surface area (Å²) in [5.41, 5.74) is 8.48. The van der Waals surface area contributed by atoms with E-state index in [4.69, 9.17) is 5.73 Å². The summed E-state index contributed by atoms with van der Waals surface area (Å²) in [6.45, 7) is 0. The minimum atomic E-state index is -2.28. The van der Waals surface area contributed by atoms with Crippen molar-refractivity contribution in [3.8, 4) is 0 Å². The molecule has 0 unspecified atom stereocenters. The third-order valence-electron chi connectivity index (χ3n) is 5.31. The average Bonchev–Trinajstić information content (AvgIpc) is 2.75. The summed E-state index contributed by atoms with van der Waals surface area (Å²) < 4.78 is 0. The second kappa shape index (κ2) is 10.6. The summed E-state index contributed by atoms with van der Waals surface area (Å²) in [6.07, 6.45) is 0.942. The van der Waals surface area contributed by atoms with Crippen LogP contribution in [0.25, 0.3) is 0 Å². The fraction of sp³-hybridized carbons (Fsp3) is 0.0400. The fourth-order valence-electron chi connectivity index (χ4n) is 3.96. The van der Waals surface area contributed by atoms with Crippen LogP contribution in [0.4, 0.5) is 5.69 Å². The van der Waals surface area contributed by atoms with Crippen molar-refractivity contribution in [1.82, 2.24) is 0 Å². The Bertz CT molecular complexity index is 914. The summed E-state index contributed by atoms with van der Waals surface area (Å²) >= 11 is 0. The topological polar surface area (TPSA) is 26.0 Å². The zero-order chi connectivity index (χ0) is 18.5. The van der Waals surface area contributed by atoms with Crippen molar-refractivity contribution in [2.24, 2.45) is 0 Å². The first-order valence-corrected chi connectivity index (χ1v) is 11.5. The Hall–Kier alpha value is -2.12. The molecule has 0 radical (unpaired) electrons. The normalized spacial score (nSPS) is 11.0. The molecule has 0 aromatic heterocycles. The number of nitrogen functional groups attached to an aromatic ring is 1. The van der Waals surface area contributed by atoms with E-state index in [1.807, 2.05) is 12.1 Å². The van der Waals surface area contributed by atoms with Crippen molar-refractivity contribution in [1.29, 1.82) is 0 Å². The second-order valence-corrected chi connectivity index (χ2v) is 10.8. The van der Waals surface area contributed by atoms with Gasteiger partial charge in [-0.3, -0.25) is 0 Å². The molecule has 150 valence electrons. The van der Waals surface area contributed by atoms with Crippen molar-refractivity contribution in [3.63, 3.8) is 0 Å². The number of anilines is 1. The van der Waals surface area contributed by atoms with E-state index in [2.05, 4.69) is 103 Å². The summed E-state index contributed by atoms with van der Waals surface area (Å²) in [5.74, 6) is 0. The maximum atomic E-state index is 6.38. The molecular formula is C25H26BrClNP. The Balaban J connectivity index is 0.00000150.